The Bertz CT molecular complexity index is 691. The zero-order valence-corrected chi connectivity index (χ0v) is 9.45. The first-order valence-corrected chi connectivity index (χ1v) is 5.50. The normalized spacial score (nSPS) is 10.4. The summed E-state index contributed by atoms with van der Waals surface area (Å²) in [6.45, 7) is 0. The van der Waals surface area contributed by atoms with Crippen molar-refractivity contribution in [2.75, 3.05) is 5.32 Å². The third-order valence-electron chi connectivity index (χ3n) is 2.54. The quantitative estimate of drug-likeness (QED) is 0.711. The predicted octanol–water partition coefficient (Wildman–Crippen LogP) is 2.29. The van der Waals surface area contributed by atoms with Gasteiger partial charge < -0.3 is 5.32 Å². The summed E-state index contributed by atoms with van der Waals surface area (Å²) in [5, 5.41) is 7.33. The Morgan fingerprint density at radius 1 is 1.06 bits per heavy atom. The maximum absolute atomic E-state index is 10.9. The first-order valence-electron chi connectivity index (χ1n) is 5.50. The maximum atomic E-state index is 10.9. The van der Waals surface area contributed by atoms with Crippen molar-refractivity contribution in [2.45, 2.75) is 0 Å². The number of aldehydes is 1. The molecule has 0 fully saturated rings. The van der Waals surface area contributed by atoms with E-state index in [4.69, 9.17) is 0 Å². The summed E-state index contributed by atoms with van der Waals surface area (Å²) in [6, 6.07) is 14.9. The average molecular weight is 238 g/mol. The number of nitrogens with one attached hydrogen (secondary N) is 1. The Hall–Kier alpha value is -2.69. The smallest absolute Gasteiger partial charge is 0.247 e. The number of aromatic nitrogens is 3. The van der Waals surface area contributed by atoms with Gasteiger partial charge in [0.15, 0.2) is 11.9 Å². The van der Waals surface area contributed by atoms with Crippen LogP contribution in [0.15, 0.2) is 48.5 Å². The lowest BCUT2D eigenvalue weighted by atomic mass is 10.3. The molecule has 2 heterocycles. The van der Waals surface area contributed by atoms with Crippen LogP contribution < -0.4 is 5.32 Å². The number of benzene rings is 1. The topological polar surface area (TPSA) is 59.3 Å². The van der Waals surface area contributed by atoms with Gasteiger partial charge in [0.25, 0.3) is 0 Å². The molecule has 0 amide bonds. The molecule has 3 aromatic rings. The van der Waals surface area contributed by atoms with Crippen molar-refractivity contribution in [3.8, 4) is 0 Å². The molecule has 5 nitrogen and oxygen atoms in total. The number of anilines is 2. The fourth-order valence-corrected chi connectivity index (χ4v) is 1.72. The van der Waals surface area contributed by atoms with Crippen molar-refractivity contribution in [3.05, 3.63) is 54.2 Å². The molecular formula is C13H10N4O. The fourth-order valence-electron chi connectivity index (χ4n) is 1.72. The Balaban J connectivity index is 2.01. The molecule has 1 aromatic carbocycles. The molecule has 0 bridgehead atoms. The minimum Gasteiger partial charge on any atom is -0.323 e. The molecule has 0 aliphatic rings. The molecule has 3 rings (SSSR count). The number of carbonyl (C=O) groups is 1. The Morgan fingerprint density at radius 2 is 1.89 bits per heavy atom. The zero-order chi connectivity index (χ0) is 12.4. The second-order valence-corrected chi connectivity index (χ2v) is 3.76. The van der Waals surface area contributed by atoms with Crippen LogP contribution >= 0.6 is 0 Å². The number of nitrogens with zero attached hydrogens (tertiary/aromatic N) is 3. The Kier molecular flexibility index (Phi) is 2.49. The number of para-hydroxylation sites is 1. The summed E-state index contributed by atoms with van der Waals surface area (Å²) >= 11 is 0. The van der Waals surface area contributed by atoms with E-state index in [2.05, 4.69) is 15.4 Å². The van der Waals surface area contributed by atoms with Crippen molar-refractivity contribution in [2.24, 2.45) is 0 Å². The van der Waals surface area contributed by atoms with Gasteiger partial charge >= 0.3 is 0 Å². The van der Waals surface area contributed by atoms with Gasteiger partial charge in [-0.2, -0.15) is 4.98 Å². The SMILES string of the molecule is O=Cc1cccc2nc(Nc3ccccc3)nn12. The molecule has 0 aliphatic heterocycles. The minimum atomic E-state index is 0.468. The highest BCUT2D eigenvalue weighted by molar-refractivity contribution is 5.73. The van der Waals surface area contributed by atoms with Crippen LogP contribution in [0, 0.1) is 0 Å². The lowest BCUT2D eigenvalue weighted by Gasteiger charge is -1.99. The van der Waals surface area contributed by atoms with Crippen molar-refractivity contribution < 1.29 is 4.79 Å². The molecule has 18 heavy (non-hydrogen) atoms. The van der Waals surface area contributed by atoms with Crippen LogP contribution in [0.2, 0.25) is 0 Å². The standard InChI is InChI=1S/C13H10N4O/c18-9-11-7-4-8-12-15-13(16-17(11)12)14-10-5-2-1-3-6-10/h1-9H,(H,14,16). The van der Waals surface area contributed by atoms with Gasteiger partial charge in [-0.15, -0.1) is 5.10 Å². The maximum Gasteiger partial charge on any atom is 0.247 e. The highest BCUT2D eigenvalue weighted by Gasteiger charge is 2.06. The second-order valence-electron chi connectivity index (χ2n) is 3.76. The number of fused-ring (bicyclic) bond motifs is 1. The van der Waals surface area contributed by atoms with Crippen molar-refractivity contribution in [1.29, 1.82) is 0 Å². The van der Waals surface area contributed by atoms with Crippen LogP contribution in [0.5, 0.6) is 0 Å². The van der Waals surface area contributed by atoms with Crippen molar-refractivity contribution >= 4 is 23.6 Å². The van der Waals surface area contributed by atoms with Gasteiger partial charge in [-0.25, -0.2) is 4.52 Å². The van der Waals surface area contributed by atoms with Crippen molar-refractivity contribution in [3.63, 3.8) is 0 Å². The molecule has 88 valence electrons. The van der Waals surface area contributed by atoms with Crippen LogP contribution in [-0.2, 0) is 0 Å². The van der Waals surface area contributed by atoms with Gasteiger partial charge in [0.05, 0.1) is 0 Å². The van der Waals surface area contributed by atoms with Gasteiger partial charge in [-0.05, 0) is 24.3 Å². The van der Waals surface area contributed by atoms with Crippen LogP contribution in [0.25, 0.3) is 5.65 Å². The lowest BCUT2D eigenvalue weighted by molar-refractivity contribution is 0.111. The second kappa shape index (κ2) is 4.29. The van der Waals surface area contributed by atoms with Gasteiger partial charge in [0.2, 0.25) is 5.95 Å². The number of hydrogen-bond donors (Lipinski definition) is 1. The number of rotatable bonds is 3. The summed E-state index contributed by atoms with van der Waals surface area (Å²) in [5.74, 6) is 0.468. The predicted molar refractivity (Wildman–Crippen MR) is 68.1 cm³/mol. The van der Waals surface area contributed by atoms with Gasteiger partial charge in [-0.3, -0.25) is 4.79 Å². The van der Waals surface area contributed by atoms with E-state index >= 15 is 0 Å². The molecular weight excluding hydrogens is 228 g/mol. The van der Waals surface area contributed by atoms with E-state index in [1.807, 2.05) is 30.3 Å². The number of hydrogen-bond acceptors (Lipinski definition) is 4. The van der Waals surface area contributed by atoms with E-state index in [9.17, 15) is 4.79 Å². The first-order chi connectivity index (χ1) is 8.86. The summed E-state index contributed by atoms with van der Waals surface area (Å²) < 4.78 is 1.51. The molecule has 0 unspecified atom stereocenters. The molecule has 1 N–H and O–H groups in total. The van der Waals surface area contributed by atoms with E-state index in [1.54, 1.807) is 18.2 Å². The monoisotopic (exact) mass is 238 g/mol. The highest BCUT2D eigenvalue weighted by atomic mass is 16.1. The molecule has 0 saturated heterocycles. The summed E-state index contributed by atoms with van der Waals surface area (Å²) in [5.41, 5.74) is 2.01. The third kappa shape index (κ3) is 1.82. The van der Waals surface area contributed by atoms with Gasteiger partial charge in [0.1, 0.15) is 5.69 Å². The third-order valence-corrected chi connectivity index (χ3v) is 2.54. The van der Waals surface area contributed by atoms with Crippen molar-refractivity contribution in [1.82, 2.24) is 14.6 Å². The van der Waals surface area contributed by atoms with Crippen LogP contribution in [0.4, 0.5) is 11.6 Å². The van der Waals surface area contributed by atoms with Gasteiger partial charge in [0, 0.05) is 5.69 Å². The Labute approximate surface area is 103 Å². The summed E-state index contributed by atoms with van der Waals surface area (Å²) in [7, 11) is 0. The molecule has 5 heteroatoms. The minimum absolute atomic E-state index is 0.468. The van der Waals surface area contributed by atoms with Crippen LogP contribution in [0.1, 0.15) is 10.5 Å². The first kappa shape index (κ1) is 10.5. The molecule has 0 spiro atoms. The molecule has 0 saturated carbocycles. The highest BCUT2D eigenvalue weighted by Crippen LogP contribution is 2.13. The van der Waals surface area contributed by atoms with E-state index in [0.717, 1.165) is 12.0 Å². The van der Waals surface area contributed by atoms with E-state index in [-0.39, 0.29) is 0 Å². The summed E-state index contributed by atoms with van der Waals surface area (Å²) in [4.78, 5) is 15.2. The molecule has 0 atom stereocenters. The van der Waals surface area contributed by atoms with E-state index < -0.39 is 0 Å². The number of carbonyl (C=O) groups excluding carboxylic acids is 1. The lowest BCUT2D eigenvalue weighted by Crippen LogP contribution is -1.97. The largest absolute Gasteiger partial charge is 0.323 e. The average Bonchev–Trinajstić information content (AvgIpc) is 2.82. The van der Waals surface area contributed by atoms with Crippen LogP contribution in [0.3, 0.4) is 0 Å². The zero-order valence-electron chi connectivity index (χ0n) is 9.45. The van der Waals surface area contributed by atoms with E-state index in [0.29, 0.717) is 17.3 Å². The molecule has 0 radical (unpaired) electrons. The number of pyridine rings is 1. The molecule has 0 aliphatic carbocycles. The summed E-state index contributed by atoms with van der Waals surface area (Å²) in [6.07, 6.45) is 0.758. The van der Waals surface area contributed by atoms with Crippen LogP contribution in [-0.4, -0.2) is 20.9 Å². The van der Waals surface area contributed by atoms with Gasteiger partial charge in [-0.1, -0.05) is 24.3 Å². The van der Waals surface area contributed by atoms with E-state index in [1.165, 1.54) is 4.52 Å². The fraction of sp³-hybridized carbons (Fsp3) is 0. The Morgan fingerprint density at radius 3 is 2.67 bits per heavy atom. The molecule has 2 aromatic heterocycles.